The molecule has 0 saturated heterocycles. The molecule has 0 fully saturated rings. The SMILES string of the molecule is CN(C)C(CNc1ccnc2c(F)cc(F)cc12)c1cnn(C)c1. The van der Waals surface area contributed by atoms with Gasteiger partial charge in [-0.05, 0) is 26.2 Å². The van der Waals surface area contributed by atoms with Crippen molar-refractivity contribution >= 4 is 16.6 Å². The van der Waals surface area contributed by atoms with E-state index in [0.717, 1.165) is 11.6 Å². The summed E-state index contributed by atoms with van der Waals surface area (Å²) in [5, 5.41) is 7.91. The Morgan fingerprint density at radius 3 is 2.75 bits per heavy atom. The minimum Gasteiger partial charge on any atom is -0.383 e. The molecule has 1 aromatic carbocycles. The van der Waals surface area contributed by atoms with Gasteiger partial charge in [-0.3, -0.25) is 9.67 Å². The van der Waals surface area contributed by atoms with E-state index >= 15 is 0 Å². The van der Waals surface area contributed by atoms with Crippen LogP contribution in [0.1, 0.15) is 11.6 Å². The van der Waals surface area contributed by atoms with Crippen LogP contribution in [-0.2, 0) is 7.05 Å². The van der Waals surface area contributed by atoms with Crippen LogP contribution in [0.15, 0.2) is 36.8 Å². The maximum absolute atomic E-state index is 13.9. The fraction of sp³-hybridized carbons (Fsp3) is 0.294. The van der Waals surface area contributed by atoms with Gasteiger partial charge in [-0.1, -0.05) is 0 Å². The van der Waals surface area contributed by atoms with Crippen molar-refractivity contribution in [3.05, 3.63) is 54.0 Å². The number of pyridine rings is 1. The van der Waals surface area contributed by atoms with Crippen molar-refractivity contribution in [2.45, 2.75) is 6.04 Å². The number of anilines is 1. The number of hydrogen-bond acceptors (Lipinski definition) is 4. The standard InChI is InChI=1S/C17H19F2N5/c1-23(2)16(11-8-22-24(3)10-11)9-21-15-4-5-20-17-13(15)6-12(18)7-14(17)19/h4-8,10,16H,9H2,1-3H3,(H,20,21). The van der Waals surface area contributed by atoms with Crippen molar-refractivity contribution in [2.75, 3.05) is 26.0 Å². The van der Waals surface area contributed by atoms with Crippen LogP contribution in [0.2, 0.25) is 0 Å². The Hall–Kier alpha value is -2.54. The molecule has 3 rings (SSSR count). The summed E-state index contributed by atoms with van der Waals surface area (Å²) in [5.41, 5.74) is 1.86. The second-order valence-electron chi connectivity index (χ2n) is 5.95. The zero-order valence-corrected chi connectivity index (χ0v) is 13.8. The number of rotatable bonds is 5. The largest absolute Gasteiger partial charge is 0.383 e. The van der Waals surface area contributed by atoms with Crippen molar-refractivity contribution in [2.24, 2.45) is 7.05 Å². The van der Waals surface area contributed by atoms with Crippen LogP contribution in [-0.4, -0.2) is 40.3 Å². The average molecular weight is 331 g/mol. The van der Waals surface area contributed by atoms with Crippen LogP contribution in [0.3, 0.4) is 0 Å². The van der Waals surface area contributed by atoms with Gasteiger partial charge < -0.3 is 10.2 Å². The first-order valence-corrected chi connectivity index (χ1v) is 7.58. The summed E-state index contributed by atoms with van der Waals surface area (Å²) in [4.78, 5) is 6.06. The van der Waals surface area contributed by atoms with Crippen LogP contribution < -0.4 is 5.32 Å². The number of fused-ring (bicyclic) bond motifs is 1. The Balaban J connectivity index is 1.89. The molecular weight excluding hydrogens is 312 g/mol. The quantitative estimate of drug-likeness (QED) is 0.781. The molecule has 7 heteroatoms. The molecule has 0 bridgehead atoms. The second-order valence-corrected chi connectivity index (χ2v) is 5.95. The minimum atomic E-state index is -0.662. The summed E-state index contributed by atoms with van der Waals surface area (Å²) >= 11 is 0. The second kappa shape index (κ2) is 6.52. The van der Waals surface area contributed by atoms with Gasteiger partial charge in [0.1, 0.15) is 11.3 Å². The van der Waals surface area contributed by atoms with E-state index in [4.69, 9.17) is 0 Å². The number of hydrogen-bond donors (Lipinski definition) is 1. The van der Waals surface area contributed by atoms with Crippen molar-refractivity contribution in [3.8, 4) is 0 Å². The molecule has 2 heterocycles. The topological polar surface area (TPSA) is 46.0 Å². The maximum atomic E-state index is 13.9. The van der Waals surface area contributed by atoms with E-state index in [2.05, 4.69) is 20.3 Å². The maximum Gasteiger partial charge on any atom is 0.152 e. The van der Waals surface area contributed by atoms with E-state index in [0.29, 0.717) is 17.6 Å². The molecule has 0 amide bonds. The number of aromatic nitrogens is 3. The van der Waals surface area contributed by atoms with Gasteiger partial charge in [-0.25, -0.2) is 8.78 Å². The van der Waals surface area contributed by atoms with Gasteiger partial charge in [0.2, 0.25) is 0 Å². The van der Waals surface area contributed by atoms with Crippen LogP contribution in [0.4, 0.5) is 14.5 Å². The molecule has 1 N–H and O–H groups in total. The number of nitrogens with zero attached hydrogens (tertiary/aromatic N) is 4. The van der Waals surface area contributed by atoms with Gasteiger partial charge >= 0.3 is 0 Å². The lowest BCUT2D eigenvalue weighted by atomic mass is 10.1. The van der Waals surface area contributed by atoms with E-state index in [-0.39, 0.29) is 11.6 Å². The molecule has 0 aliphatic carbocycles. The number of nitrogens with one attached hydrogen (secondary N) is 1. The molecule has 0 spiro atoms. The molecule has 0 saturated carbocycles. The molecule has 0 radical (unpaired) electrons. The first-order chi connectivity index (χ1) is 11.5. The molecule has 126 valence electrons. The fourth-order valence-electron chi connectivity index (χ4n) is 2.75. The van der Waals surface area contributed by atoms with Gasteiger partial charge in [-0.15, -0.1) is 0 Å². The highest BCUT2D eigenvalue weighted by molar-refractivity contribution is 5.91. The van der Waals surface area contributed by atoms with Crippen LogP contribution in [0, 0.1) is 11.6 Å². The summed E-state index contributed by atoms with van der Waals surface area (Å²) in [6, 6.07) is 3.93. The zero-order chi connectivity index (χ0) is 17.3. The minimum absolute atomic E-state index is 0.0697. The Morgan fingerprint density at radius 2 is 2.08 bits per heavy atom. The molecule has 24 heavy (non-hydrogen) atoms. The average Bonchev–Trinajstić information content (AvgIpc) is 2.94. The van der Waals surface area contributed by atoms with E-state index in [1.807, 2.05) is 33.5 Å². The highest BCUT2D eigenvalue weighted by Crippen LogP contribution is 2.26. The summed E-state index contributed by atoms with van der Waals surface area (Å²) in [6.07, 6.45) is 5.28. The Labute approximate surface area is 138 Å². The third-order valence-electron chi connectivity index (χ3n) is 3.98. The van der Waals surface area contributed by atoms with Crippen molar-refractivity contribution in [1.29, 1.82) is 0 Å². The Kier molecular flexibility index (Phi) is 4.44. The van der Waals surface area contributed by atoms with Crippen molar-refractivity contribution in [3.63, 3.8) is 0 Å². The van der Waals surface area contributed by atoms with E-state index < -0.39 is 11.6 Å². The lowest BCUT2D eigenvalue weighted by molar-refractivity contribution is 0.312. The summed E-state index contributed by atoms with van der Waals surface area (Å²) in [5.74, 6) is -1.28. The number of aryl methyl sites for hydroxylation is 1. The van der Waals surface area contributed by atoms with E-state index in [1.165, 1.54) is 12.3 Å². The molecule has 1 unspecified atom stereocenters. The molecule has 5 nitrogen and oxygen atoms in total. The number of halogens is 2. The third-order valence-corrected chi connectivity index (χ3v) is 3.98. The zero-order valence-electron chi connectivity index (χ0n) is 13.8. The van der Waals surface area contributed by atoms with Crippen LogP contribution >= 0.6 is 0 Å². The molecule has 0 aliphatic heterocycles. The monoisotopic (exact) mass is 331 g/mol. The summed E-state index contributed by atoms with van der Waals surface area (Å²) in [7, 11) is 5.82. The number of likely N-dealkylation sites (N-methyl/N-ethyl adjacent to an activating group) is 1. The van der Waals surface area contributed by atoms with E-state index in [9.17, 15) is 8.78 Å². The molecule has 3 aromatic rings. The molecule has 1 atom stereocenters. The highest BCUT2D eigenvalue weighted by Gasteiger charge is 2.17. The van der Waals surface area contributed by atoms with E-state index in [1.54, 1.807) is 10.7 Å². The first-order valence-electron chi connectivity index (χ1n) is 7.58. The molecular formula is C17H19F2N5. The Morgan fingerprint density at radius 1 is 1.29 bits per heavy atom. The van der Waals surface area contributed by atoms with Crippen LogP contribution in [0.5, 0.6) is 0 Å². The lowest BCUT2D eigenvalue weighted by Gasteiger charge is -2.24. The fourth-order valence-corrected chi connectivity index (χ4v) is 2.75. The Bertz CT molecular complexity index is 859. The predicted molar refractivity (Wildman–Crippen MR) is 89.8 cm³/mol. The van der Waals surface area contributed by atoms with Gasteiger partial charge in [-0.2, -0.15) is 5.10 Å². The van der Waals surface area contributed by atoms with Crippen LogP contribution in [0.25, 0.3) is 10.9 Å². The first kappa shape index (κ1) is 16.3. The van der Waals surface area contributed by atoms with Gasteiger partial charge in [0.25, 0.3) is 0 Å². The van der Waals surface area contributed by atoms with Crippen molar-refractivity contribution < 1.29 is 8.78 Å². The molecule has 2 aromatic heterocycles. The molecule has 0 aliphatic rings. The van der Waals surface area contributed by atoms with Gasteiger partial charge in [0.05, 0.1) is 12.2 Å². The van der Waals surface area contributed by atoms with Crippen molar-refractivity contribution in [1.82, 2.24) is 19.7 Å². The third kappa shape index (κ3) is 3.21. The smallest absolute Gasteiger partial charge is 0.152 e. The predicted octanol–water partition coefficient (Wildman–Crippen LogP) is 2.96. The lowest BCUT2D eigenvalue weighted by Crippen LogP contribution is -2.26. The highest BCUT2D eigenvalue weighted by atomic mass is 19.1. The number of benzene rings is 1. The van der Waals surface area contributed by atoms with Gasteiger partial charge in [0, 0.05) is 48.7 Å². The summed E-state index contributed by atoms with van der Waals surface area (Å²) < 4.78 is 29.2. The summed E-state index contributed by atoms with van der Waals surface area (Å²) in [6.45, 7) is 0.565. The normalized spacial score (nSPS) is 12.8. The van der Waals surface area contributed by atoms with Gasteiger partial charge in [0.15, 0.2) is 5.82 Å².